The number of benzene rings is 2. The summed E-state index contributed by atoms with van der Waals surface area (Å²) in [4.78, 5) is 15.0. The highest BCUT2D eigenvalue weighted by Gasteiger charge is 2.44. The second-order valence-electron chi connectivity index (χ2n) is 9.59. The number of hydrogen-bond acceptors (Lipinski definition) is 6. The number of anilines is 2. The molecule has 5 rings (SSSR count). The second kappa shape index (κ2) is 9.46. The molecular formula is C28H30N4O3. The lowest BCUT2D eigenvalue weighted by atomic mass is 9.92. The number of rotatable bonds is 6. The zero-order chi connectivity index (χ0) is 24.4. The molecular weight excluding hydrogens is 440 g/mol. The van der Waals surface area contributed by atoms with Crippen LogP contribution in [0.4, 0.5) is 16.2 Å². The maximum Gasteiger partial charge on any atom is 0.412 e. The van der Waals surface area contributed by atoms with Crippen molar-refractivity contribution in [1.82, 2.24) is 5.16 Å². The van der Waals surface area contributed by atoms with E-state index in [2.05, 4.69) is 45.7 Å². The lowest BCUT2D eigenvalue weighted by Gasteiger charge is -2.33. The van der Waals surface area contributed by atoms with Crippen LogP contribution in [0.3, 0.4) is 0 Å². The molecule has 1 saturated carbocycles. The van der Waals surface area contributed by atoms with Crippen molar-refractivity contribution < 1.29 is 14.1 Å². The number of carbonyl (C=O) groups excluding carboxylic acids is 1. The van der Waals surface area contributed by atoms with Crippen LogP contribution in [0.1, 0.15) is 67.2 Å². The molecule has 1 aliphatic heterocycles. The van der Waals surface area contributed by atoms with Crippen molar-refractivity contribution in [3.63, 3.8) is 0 Å². The molecule has 1 aliphatic carbocycles. The molecule has 2 aromatic carbocycles. The van der Waals surface area contributed by atoms with Crippen LogP contribution in [-0.2, 0) is 10.2 Å². The number of carbonyl (C=O) groups is 1. The molecule has 7 nitrogen and oxygen atoms in total. The van der Waals surface area contributed by atoms with Gasteiger partial charge in [0.2, 0.25) is 0 Å². The lowest BCUT2D eigenvalue weighted by molar-refractivity contribution is 0.121. The molecule has 35 heavy (non-hydrogen) atoms. The number of nitrogens with one attached hydrogen (secondary N) is 1. The first-order valence-electron chi connectivity index (χ1n) is 12.2. The predicted molar refractivity (Wildman–Crippen MR) is 133 cm³/mol. The number of nitrogens with zero attached hydrogens (tertiary/aromatic N) is 3. The van der Waals surface area contributed by atoms with E-state index in [4.69, 9.17) is 9.26 Å². The van der Waals surface area contributed by atoms with Crippen molar-refractivity contribution >= 4 is 17.5 Å². The van der Waals surface area contributed by atoms with Gasteiger partial charge in [-0.2, -0.15) is 5.26 Å². The minimum atomic E-state index is -0.516. The van der Waals surface area contributed by atoms with Crippen LogP contribution in [-0.4, -0.2) is 24.3 Å². The van der Waals surface area contributed by atoms with Crippen molar-refractivity contribution in [2.45, 2.75) is 57.0 Å². The van der Waals surface area contributed by atoms with E-state index in [1.165, 1.54) is 5.69 Å². The zero-order valence-corrected chi connectivity index (χ0v) is 20.2. The van der Waals surface area contributed by atoms with Crippen molar-refractivity contribution in [1.29, 1.82) is 5.26 Å². The van der Waals surface area contributed by atoms with Gasteiger partial charge >= 0.3 is 6.09 Å². The number of piperidine rings is 1. The number of aromatic nitrogens is 1. The first kappa shape index (κ1) is 23.0. The Balaban J connectivity index is 1.20. The summed E-state index contributed by atoms with van der Waals surface area (Å²) >= 11 is 0. The van der Waals surface area contributed by atoms with Crippen LogP contribution < -0.4 is 10.2 Å². The molecule has 2 fully saturated rings. The minimum absolute atomic E-state index is 0.168. The molecule has 1 atom stereocenters. The first-order valence-corrected chi connectivity index (χ1v) is 12.2. The van der Waals surface area contributed by atoms with E-state index in [1.54, 1.807) is 0 Å². The van der Waals surface area contributed by atoms with Crippen molar-refractivity contribution in [2.75, 3.05) is 23.3 Å². The molecule has 0 spiro atoms. The van der Waals surface area contributed by atoms with Crippen LogP contribution in [0.2, 0.25) is 0 Å². The molecule has 0 unspecified atom stereocenters. The molecule has 180 valence electrons. The predicted octanol–water partition coefficient (Wildman–Crippen LogP) is 6.23. The van der Waals surface area contributed by atoms with Gasteiger partial charge < -0.3 is 14.2 Å². The Morgan fingerprint density at radius 3 is 2.49 bits per heavy atom. The summed E-state index contributed by atoms with van der Waals surface area (Å²) in [7, 11) is 0. The van der Waals surface area contributed by atoms with Gasteiger partial charge in [0.15, 0.2) is 5.76 Å². The molecule has 1 saturated heterocycles. The molecule has 1 aromatic heterocycles. The fourth-order valence-electron chi connectivity index (χ4n) is 4.88. The number of hydrogen-bond donors (Lipinski definition) is 1. The van der Waals surface area contributed by atoms with Crippen LogP contribution >= 0.6 is 0 Å². The van der Waals surface area contributed by atoms with Crippen LogP contribution in [0, 0.1) is 18.3 Å². The summed E-state index contributed by atoms with van der Waals surface area (Å²) in [6, 6.07) is 20.6. The van der Waals surface area contributed by atoms with Crippen LogP contribution in [0.15, 0.2) is 59.1 Å². The van der Waals surface area contributed by atoms with Crippen molar-refractivity contribution in [3.05, 3.63) is 77.2 Å². The van der Waals surface area contributed by atoms with Gasteiger partial charge in [-0.05, 0) is 62.8 Å². The van der Waals surface area contributed by atoms with E-state index in [0.29, 0.717) is 17.1 Å². The first-order chi connectivity index (χ1) is 17.0. The van der Waals surface area contributed by atoms with Gasteiger partial charge in [-0.1, -0.05) is 47.6 Å². The average molecular weight is 471 g/mol. The van der Waals surface area contributed by atoms with Gasteiger partial charge in [-0.3, -0.25) is 5.32 Å². The number of ether oxygens (including phenoxy) is 1. The van der Waals surface area contributed by atoms with E-state index in [9.17, 15) is 10.1 Å². The molecule has 2 heterocycles. The smallest absolute Gasteiger partial charge is 0.412 e. The topological polar surface area (TPSA) is 91.4 Å². The molecule has 2 aliphatic rings. The second-order valence-corrected chi connectivity index (χ2v) is 9.59. The highest BCUT2D eigenvalue weighted by Crippen LogP contribution is 2.47. The summed E-state index contributed by atoms with van der Waals surface area (Å²) in [5.74, 6) is 0.883. The molecule has 0 bridgehead atoms. The third-order valence-electron chi connectivity index (χ3n) is 7.28. The molecule has 1 amide bonds. The summed E-state index contributed by atoms with van der Waals surface area (Å²) in [6.07, 6.45) is 2.82. The third-order valence-corrected chi connectivity index (χ3v) is 7.28. The maximum absolute atomic E-state index is 12.6. The van der Waals surface area contributed by atoms with E-state index in [0.717, 1.165) is 49.9 Å². The lowest BCUT2D eigenvalue weighted by Crippen LogP contribution is -2.33. The van der Waals surface area contributed by atoms with E-state index >= 15 is 0 Å². The Morgan fingerprint density at radius 2 is 1.86 bits per heavy atom. The summed E-state index contributed by atoms with van der Waals surface area (Å²) in [5, 5.41) is 16.4. The molecule has 0 radical (unpaired) electrons. The molecule has 7 heteroatoms. The third kappa shape index (κ3) is 4.74. The number of amides is 1. The standard InChI is InChI=1S/C28H30N4O3/c1-19-25(30-27(33)34-20(2)21-6-4-3-5-7-21)26(35-31-19)22-12-16-32(17-13-22)24-10-8-23(9-11-24)28(18-29)14-15-28/h3-11,20,22H,12-17H2,1-2H3,(H,30,33)/t20-/m1/s1. The molecule has 1 N–H and O–H groups in total. The van der Waals surface area contributed by atoms with E-state index in [1.807, 2.05) is 44.2 Å². The SMILES string of the molecule is Cc1noc(C2CCN(c3ccc(C4(C#N)CC4)cc3)CC2)c1NC(=O)O[C@H](C)c1ccccc1. The highest BCUT2D eigenvalue weighted by atomic mass is 16.6. The Bertz CT molecular complexity index is 1220. The maximum atomic E-state index is 12.6. The van der Waals surface area contributed by atoms with Crippen LogP contribution in [0.25, 0.3) is 0 Å². The summed E-state index contributed by atoms with van der Waals surface area (Å²) in [5.41, 5.74) is 4.24. The van der Waals surface area contributed by atoms with Crippen molar-refractivity contribution in [3.8, 4) is 6.07 Å². The summed E-state index contributed by atoms with van der Waals surface area (Å²) in [6.45, 7) is 5.43. The van der Waals surface area contributed by atoms with Gasteiger partial charge in [0.25, 0.3) is 0 Å². The Labute approximate surface area is 205 Å². The average Bonchev–Trinajstić information content (AvgIpc) is 3.62. The fourth-order valence-corrected chi connectivity index (χ4v) is 4.88. The monoisotopic (exact) mass is 470 g/mol. The quantitative estimate of drug-likeness (QED) is 0.459. The van der Waals surface area contributed by atoms with Gasteiger partial charge in [-0.15, -0.1) is 0 Å². The number of nitriles is 1. The van der Waals surface area contributed by atoms with E-state index < -0.39 is 6.09 Å². The minimum Gasteiger partial charge on any atom is -0.441 e. The zero-order valence-electron chi connectivity index (χ0n) is 20.2. The summed E-state index contributed by atoms with van der Waals surface area (Å²) < 4.78 is 11.2. The Hall–Kier alpha value is -3.79. The highest BCUT2D eigenvalue weighted by molar-refractivity contribution is 5.86. The Morgan fingerprint density at radius 1 is 1.17 bits per heavy atom. The van der Waals surface area contributed by atoms with Gasteiger partial charge in [-0.25, -0.2) is 4.79 Å². The fraction of sp³-hybridized carbons (Fsp3) is 0.393. The molecule has 3 aromatic rings. The normalized spacial score (nSPS) is 17.9. The van der Waals surface area contributed by atoms with E-state index in [-0.39, 0.29) is 17.4 Å². The Kier molecular flexibility index (Phi) is 6.21. The number of aryl methyl sites for hydroxylation is 1. The van der Waals surface area contributed by atoms with Crippen molar-refractivity contribution in [2.24, 2.45) is 0 Å². The van der Waals surface area contributed by atoms with Gasteiger partial charge in [0.1, 0.15) is 17.5 Å². The van der Waals surface area contributed by atoms with Crippen LogP contribution in [0.5, 0.6) is 0 Å². The van der Waals surface area contributed by atoms with Gasteiger partial charge in [0, 0.05) is 24.7 Å². The van der Waals surface area contributed by atoms with Gasteiger partial charge in [0.05, 0.1) is 11.5 Å². The largest absolute Gasteiger partial charge is 0.441 e.